The van der Waals surface area contributed by atoms with Crippen LogP contribution >= 0.6 is 7.82 Å². The van der Waals surface area contributed by atoms with Crippen LogP contribution in [0.1, 0.15) is 0 Å². The van der Waals surface area contributed by atoms with Crippen LogP contribution in [0.4, 0.5) is 0 Å². The van der Waals surface area contributed by atoms with Gasteiger partial charge in [-0.15, -0.1) is 0 Å². The molecule has 172 valence electrons. The summed E-state index contributed by atoms with van der Waals surface area (Å²) in [5.74, 6) is -2.59. The first-order valence-electron chi connectivity index (χ1n) is 8.08. The van der Waals surface area contributed by atoms with Gasteiger partial charge in [-0.1, -0.05) is 0 Å². The number of rotatable bonds is 9. The van der Waals surface area contributed by atoms with Crippen LogP contribution in [0.5, 0.6) is 0 Å². The highest BCUT2D eigenvalue weighted by molar-refractivity contribution is 7.46. The summed E-state index contributed by atoms with van der Waals surface area (Å²) in [7, 11) is 6.80. The zero-order valence-corrected chi connectivity index (χ0v) is 18.5. The van der Waals surface area contributed by atoms with Gasteiger partial charge < -0.3 is 39.6 Å². The maximum Gasteiger partial charge on any atom is 0.525 e. The lowest BCUT2D eigenvalue weighted by Gasteiger charge is -2.03. The molecule has 0 saturated carbocycles. The summed E-state index contributed by atoms with van der Waals surface area (Å²) in [6.07, 6.45) is 0. The fraction of sp³-hybridized carbons (Fsp3) is 0.800. The van der Waals surface area contributed by atoms with Crippen molar-refractivity contribution in [3.63, 3.8) is 0 Å². The molecule has 0 rings (SSSR count). The van der Waals surface area contributed by atoms with Gasteiger partial charge in [0.1, 0.15) is 0 Å². The SMILES string of the molecule is C=C(OP(=O)(O)O)C(=O)O.CN(C)CCO.CN(C)CCO.CN(C)CCO. The minimum Gasteiger partial charge on any atom is -0.475 e. The lowest BCUT2D eigenvalue weighted by Crippen LogP contribution is -2.15. The monoisotopic (exact) mass is 435 g/mol. The Labute approximate surface area is 167 Å². The van der Waals surface area contributed by atoms with E-state index in [1.54, 1.807) is 0 Å². The Morgan fingerprint density at radius 1 is 0.821 bits per heavy atom. The molecule has 13 heteroatoms. The Morgan fingerprint density at radius 2 is 1.07 bits per heavy atom. The van der Waals surface area contributed by atoms with Crippen molar-refractivity contribution in [2.24, 2.45) is 0 Å². The molecular formula is C15H38N3O9P. The third-order valence-corrected chi connectivity index (χ3v) is 2.57. The van der Waals surface area contributed by atoms with Crippen LogP contribution < -0.4 is 0 Å². The maximum atomic E-state index is 9.89. The Balaban J connectivity index is -0.000000142. The number of hydrogen-bond donors (Lipinski definition) is 6. The van der Waals surface area contributed by atoms with Crippen LogP contribution in [0.15, 0.2) is 12.3 Å². The van der Waals surface area contributed by atoms with Gasteiger partial charge in [0, 0.05) is 19.6 Å². The molecule has 0 fully saturated rings. The molecule has 0 heterocycles. The lowest BCUT2D eigenvalue weighted by atomic mass is 10.6. The number of carbonyl (C=O) groups is 1. The standard InChI is InChI=1S/3C4H11NO.C3H5O6P/c3*1-5(2)3-4-6;1-2(3(4)5)9-10(6,7)8/h3*6H,3-4H2,1-2H3;1H2,(H,4,5)(H2,6,7,8). The Hall–Kier alpha value is -1.08. The van der Waals surface area contributed by atoms with Gasteiger partial charge >= 0.3 is 13.8 Å². The topological polar surface area (TPSA) is 174 Å². The van der Waals surface area contributed by atoms with Crippen LogP contribution in [0.3, 0.4) is 0 Å². The molecular weight excluding hydrogens is 397 g/mol. The molecule has 0 amide bonds. The second-order valence-electron chi connectivity index (χ2n) is 5.89. The second-order valence-corrected chi connectivity index (χ2v) is 7.05. The van der Waals surface area contributed by atoms with Crippen molar-refractivity contribution in [3.05, 3.63) is 12.3 Å². The molecule has 12 nitrogen and oxygen atoms in total. The van der Waals surface area contributed by atoms with E-state index < -0.39 is 19.6 Å². The summed E-state index contributed by atoms with van der Waals surface area (Å²) in [6, 6.07) is 0. The van der Waals surface area contributed by atoms with Gasteiger partial charge in [-0.3, -0.25) is 9.79 Å². The van der Waals surface area contributed by atoms with Crippen molar-refractivity contribution < 1.29 is 44.1 Å². The molecule has 0 unspecified atom stereocenters. The molecule has 0 bridgehead atoms. The van der Waals surface area contributed by atoms with E-state index in [1.807, 2.05) is 57.0 Å². The fourth-order valence-corrected chi connectivity index (χ4v) is 1.15. The largest absolute Gasteiger partial charge is 0.525 e. The molecule has 0 radical (unpaired) electrons. The van der Waals surface area contributed by atoms with E-state index in [0.717, 1.165) is 19.6 Å². The molecule has 0 aromatic carbocycles. The van der Waals surface area contributed by atoms with Crippen LogP contribution in [0.2, 0.25) is 0 Å². The number of carboxylic acid groups (broad SMARTS) is 1. The number of aliphatic hydroxyl groups excluding tert-OH is 3. The van der Waals surface area contributed by atoms with Gasteiger partial charge in [-0.05, 0) is 48.9 Å². The number of aliphatic hydroxyl groups is 3. The molecule has 0 saturated heterocycles. The van der Waals surface area contributed by atoms with E-state index in [1.165, 1.54) is 0 Å². The predicted octanol–water partition coefficient (Wildman–Crippen LogP) is -1.69. The summed E-state index contributed by atoms with van der Waals surface area (Å²) in [6.45, 7) is 5.79. The minimum atomic E-state index is -4.76. The molecule has 0 atom stereocenters. The molecule has 6 N–H and O–H groups in total. The van der Waals surface area contributed by atoms with Crippen LogP contribution in [0.25, 0.3) is 0 Å². The highest BCUT2D eigenvalue weighted by Gasteiger charge is 2.19. The normalized spacial score (nSPS) is 10.2. The van der Waals surface area contributed by atoms with Crippen LogP contribution in [-0.2, 0) is 13.9 Å². The second kappa shape index (κ2) is 22.2. The predicted molar refractivity (Wildman–Crippen MR) is 107 cm³/mol. The van der Waals surface area contributed by atoms with E-state index in [9.17, 15) is 9.36 Å². The number of nitrogens with zero attached hydrogens (tertiary/aromatic N) is 3. The number of phosphoric ester groups is 1. The summed E-state index contributed by atoms with van der Waals surface area (Å²) in [5.41, 5.74) is 0. The van der Waals surface area contributed by atoms with Crippen LogP contribution in [0, 0.1) is 0 Å². The fourth-order valence-electron chi connectivity index (χ4n) is 0.783. The zero-order chi connectivity index (χ0) is 23.3. The molecule has 0 aromatic heterocycles. The highest BCUT2D eigenvalue weighted by atomic mass is 31.2. The Bertz CT molecular complexity index is 392. The third kappa shape index (κ3) is 49.8. The first-order valence-corrected chi connectivity index (χ1v) is 9.61. The van der Waals surface area contributed by atoms with E-state index in [-0.39, 0.29) is 19.8 Å². The summed E-state index contributed by atoms with van der Waals surface area (Å²) in [5, 5.41) is 32.6. The van der Waals surface area contributed by atoms with Crippen molar-refractivity contribution >= 4 is 13.8 Å². The average molecular weight is 435 g/mol. The summed E-state index contributed by atoms with van der Waals surface area (Å²) < 4.78 is 13.5. The van der Waals surface area contributed by atoms with Crippen molar-refractivity contribution in [2.45, 2.75) is 0 Å². The Morgan fingerprint density at radius 3 is 1.11 bits per heavy atom. The smallest absolute Gasteiger partial charge is 0.475 e. The number of likely N-dealkylation sites (N-methyl/N-ethyl adjacent to an activating group) is 3. The van der Waals surface area contributed by atoms with Gasteiger partial charge in [0.25, 0.3) is 0 Å². The first-order chi connectivity index (χ1) is 12.6. The number of phosphoric acid groups is 1. The molecule has 28 heavy (non-hydrogen) atoms. The zero-order valence-electron chi connectivity index (χ0n) is 17.6. The van der Waals surface area contributed by atoms with E-state index >= 15 is 0 Å². The van der Waals surface area contributed by atoms with Gasteiger partial charge in [0.15, 0.2) is 0 Å². The quantitative estimate of drug-likeness (QED) is 0.138. The number of aliphatic carboxylic acids is 1. The van der Waals surface area contributed by atoms with Gasteiger partial charge in [-0.2, -0.15) is 0 Å². The van der Waals surface area contributed by atoms with E-state index in [0.29, 0.717) is 0 Å². The third-order valence-electron chi connectivity index (χ3n) is 2.11. The molecule has 0 aliphatic heterocycles. The van der Waals surface area contributed by atoms with Gasteiger partial charge in [-0.25, -0.2) is 9.36 Å². The molecule has 0 aliphatic rings. The van der Waals surface area contributed by atoms with Crippen molar-refractivity contribution in [1.29, 1.82) is 0 Å². The van der Waals surface area contributed by atoms with Gasteiger partial charge in [0.2, 0.25) is 5.76 Å². The maximum absolute atomic E-state index is 9.89. The van der Waals surface area contributed by atoms with E-state index in [2.05, 4.69) is 11.1 Å². The molecule has 0 aromatic rings. The van der Waals surface area contributed by atoms with Crippen LogP contribution in [-0.4, -0.2) is 133 Å². The first kappa shape index (κ1) is 34.4. The van der Waals surface area contributed by atoms with Crippen molar-refractivity contribution in [3.8, 4) is 0 Å². The number of hydrogen-bond acceptors (Lipinski definition) is 9. The average Bonchev–Trinajstić information content (AvgIpc) is 2.46. The molecule has 0 spiro atoms. The van der Waals surface area contributed by atoms with Crippen molar-refractivity contribution in [1.82, 2.24) is 14.7 Å². The lowest BCUT2D eigenvalue weighted by molar-refractivity contribution is -0.135. The van der Waals surface area contributed by atoms with Gasteiger partial charge in [0.05, 0.1) is 19.8 Å². The number of carboxylic acids is 1. The Kier molecular flexibility index (Phi) is 27.3. The summed E-state index contributed by atoms with van der Waals surface area (Å²) >= 11 is 0. The minimum absolute atomic E-state index is 0.257. The summed E-state index contributed by atoms with van der Waals surface area (Å²) in [4.78, 5) is 31.6. The molecule has 0 aliphatic carbocycles. The highest BCUT2D eigenvalue weighted by Crippen LogP contribution is 2.38. The van der Waals surface area contributed by atoms with Crippen molar-refractivity contribution in [2.75, 3.05) is 81.7 Å². The van der Waals surface area contributed by atoms with E-state index in [4.69, 9.17) is 30.2 Å².